The van der Waals surface area contributed by atoms with Gasteiger partial charge in [0.1, 0.15) is 44.7 Å². The predicted octanol–water partition coefficient (Wildman–Crippen LogP) is 32.7. The third kappa shape index (κ3) is 9.34. The van der Waals surface area contributed by atoms with Gasteiger partial charge in [-0.05, 0) is 237 Å². The number of nitrogens with zero attached hydrogens (tertiary/aromatic N) is 4. The first-order valence-electron chi connectivity index (χ1n) is 44.3. The van der Waals surface area contributed by atoms with E-state index in [9.17, 15) is 0 Å². The van der Waals surface area contributed by atoms with Gasteiger partial charge in [-0.3, -0.25) is 4.21 Å². The summed E-state index contributed by atoms with van der Waals surface area (Å²) >= 11 is 0. The molecule has 0 unspecified atom stereocenters. The Bertz CT molecular complexity index is 8940. The molecule has 2 aliphatic heterocycles. The molecule has 0 saturated carbocycles. The SMILES string of the molecule is O=S12(c3ccc(-c4cccc(-n5c6ccccc6c6cc7c(cc65)oc5ccccc57)c4)cc3-c3cc(-c4cccc(-n5c6ccccc6c6cc7c(cc65)oc5ccccc57)c4)ccc31)c1ccc(-c3cccc(-n4c5ccccc5c5cc6c(cc54)oc4ccccc46)c3)cc1-c1cc(-c3cccc(-n4c5ccccc5c5cc6c(cc54)oc4ccccc46)c3)ccc12. The fourth-order valence-electron chi connectivity index (χ4n) is 22.9. The summed E-state index contributed by atoms with van der Waals surface area (Å²) in [5.41, 5.74) is 31.2. The Hall–Kier alpha value is -17.1. The topological polar surface area (TPSA) is 89.4 Å². The maximum absolute atomic E-state index is 19.9. The third-order valence-corrected chi connectivity index (χ3v) is 33.4. The Morgan fingerprint density at radius 3 is 0.615 bits per heavy atom. The van der Waals surface area contributed by atoms with Gasteiger partial charge in [-0.2, -0.15) is 0 Å². The monoisotopic (exact) mass is 1680 g/mol. The average molecular weight is 1680 g/mol. The van der Waals surface area contributed by atoms with E-state index in [4.69, 9.17) is 17.7 Å². The lowest BCUT2D eigenvalue weighted by Crippen LogP contribution is -2.30. The van der Waals surface area contributed by atoms with Crippen LogP contribution in [0.1, 0.15) is 0 Å². The normalized spacial score (nSPS) is 13.7. The summed E-state index contributed by atoms with van der Waals surface area (Å²) in [6.07, 6.45) is 0. The number of hydrogen-bond acceptors (Lipinski definition) is 5. The van der Waals surface area contributed by atoms with Crippen molar-refractivity contribution < 1.29 is 21.9 Å². The van der Waals surface area contributed by atoms with Gasteiger partial charge in [0, 0.05) is 162 Å². The molecule has 0 saturated heterocycles. The summed E-state index contributed by atoms with van der Waals surface area (Å²) in [6.45, 7) is 0. The average Bonchev–Trinajstić information content (AvgIpc) is 1.47. The van der Waals surface area contributed by atoms with Gasteiger partial charge >= 0.3 is 0 Å². The van der Waals surface area contributed by atoms with Gasteiger partial charge in [0.05, 0.1) is 44.1 Å². The van der Waals surface area contributed by atoms with Gasteiger partial charge in [-0.1, -0.05) is 218 Å². The van der Waals surface area contributed by atoms with Crippen LogP contribution in [0.4, 0.5) is 0 Å². The molecule has 604 valence electrons. The van der Waals surface area contributed by atoms with Gasteiger partial charge < -0.3 is 35.9 Å². The molecule has 10 heteroatoms. The Kier molecular flexibility index (Phi) is 13.7. The highest BCUT2D eigenvalue weighted by atomic mass is 32.3. The molecule has 0 N–H and O–H groups in total. The fraction of sp³-hybridized carbons (Fsp3) is 0. The van der Waals surface area contributed by atoms with E-state index in [2.05, 4.69) is 382 Å². The van der Waals surface area contributed by atoms with E-state index in [-0.39, 0.29) is 0 Å². The number of rotatable bonds is 8. The largest absolute Gasteiger partial charge is 0.456 e. The smallest absolute Gasteiger partial charge is 0.137 e. The summed E-state index contributed by atoms with van der Waals surface area (Å²) in [6, 6.07) is 149. The van der Waals surface area contributed by atoms with E-state index in [0.29, 0.717) is 0 Å². The second kappa shape index (κ2) is 25.4. The van der Waals surface area contributed by atoms with E-state index in [1.807, 2.05) is 48.5 Å². The molecule has 2 aliphatic rings. The molecule has 28 aromatic rings. The predicted molar refractivity (Wildman–Crippen MR) is 533 cm³/mol. The molecule has 0 bridgehead atoms. The summed E-state index contributed by atoms with van der Waals surface area (Å²) in [7, 11) is -4.69. The zero-order valence-electron chi connectivity index (χ0n) is 69.5. The highest BCUT2D eigenvalue weighted by Crippen LogP contribution is 2.72. The molecule has 130 heavy (non-hydrogen) atoms. The highest BCUT2D eigenvalue weighted by Gasteiger charge is 2.58. The van der Waals surface area contributed by atoms with Crippen molar-refractivity contribution >= 4 is 184 Å². The molecule has 10 heterocycles. The number of hydrogen-bond donors (Lipinski definition) is 0. The Morgan fingerprint density at radius 1 is 0.154 bits per heavy atom. The van der Waals surface area contributed by atoms with Gasteiger partial charge in [0.15, 0.2) is 0 Å². The standard InChI is InChI=1S/C120H68N4O5S/c125-130(117-49-45-73(69-21-17-25-77(53-69)121-101-37-9-1-29-81(101)89-61-93-85-33-5-13-41-109(85)126-113(93)65-105(89)121)57-97(117)98-58-74(46-50-118(98)130)70-22-18-26-78(54-70)122-102-38-10-2-30-82(102)90-62-94-86-34-6-14-42-110(86)127-114(94)66-106(90)122)119-51-47-75(71-23-19-27-79(55-71)123-103-39-11-3-31-83(103)91-63-95-87-35-7-15-43-111(87)128-115(95)67-107(91)123)59-99(119)100-60-76(48-52-120(100)130)72-24-20-28-80(56-72)124-104-40-12-4-32-84(104)92-64-96-88-36-8-16-44-112(88)129-116(96)68-108(92)124/h1-68H. The van der Waals surface area contributed by atoms with Crippen LogP contribution in [0.2, 0.25) is 0 Å². The molecule has 0 radical (unpaired) electrons. The van der Waals surface area contributed by atoms with Gasteiger partial charge in [0.2, 0.25) is 0 Å². The minimum atomic E-state index is -4.69. The van der Waals surface area contributed by atoms with E-state index in [0.717, 1.165) is 284 Å². The molecule has 1 spiro atoms. The van der Waals surface area contributed by atoms with Crippen LogP contribution in [0.15, 0.2) is 450 Å². The van der Waals surface area contributed by atoms with Crippen molar-refractivity contribution in [2.45, 2.75) is 19.6 Å². The lowest BCUT2D eigenvalue weighted by atomic mass is 9.96. The zero-order valence-corrected chi connectivity index (χ0v) is 70.3. The highest BCUT2D eigenvalue weighted by molar-refractivity contribution is 8.21. The van der Waals surface area contributed by atoms with E-state index < -0.39 is 9.07 Å². The summed E-state index contributed by atoms with van der Waals surface area (Å²) < 4.78 is 55.9. The molecule has 30 rings (SSSR count). The lowest BCUT2D eigenvalue weighted by Gasteiger charge is -2.39. The Morgan fingerprint density at radius 2 is 0.369 bits per heavy atom. The van der Waals surface area contributed by atoms with Gasteiger partial charge in [0.25, 0.3) is 0 Å². The van der Waals surface area contributed by atoms with E-state index in [1.165, 1.54) is 0 Å². The molecule has 8 aromatic heterocycles. The molecule has 0 aliphatic carbocycles. The minimum absolute atomic E-state index is 0.775. The van der Waals surface area contributed by atoms with E-state index >= 15 is 4.21 Å². The number of benzene rings is 20. The van der Waals surface area contributed by atoms with Crippen LogP contribution >= 0.6 is 0 Å². The van der Waals surface area contributed by atoms with Crippen molar-refractivity contribution in [3.8, 4) is 89.5 Å². The molecule has 9 nitrogen and oxygen atoms in total. The third-order valence-electron chi connectivity index (χ3n) is 28.6. The van der Waals surface area contributed by atoms with Crippen LogP contribution in [0.5, 0.6) is 0 Å². The van der Waals surface area contributed by atoms with Crippen molar-refractivity contribution in [3.05, 3.63) is 413 Å². The molecule has 0 fully saturated rings. The van der Waals surface area contributed by atoms with Crippen molar-refractivity contribution in [2.75, 3.05) is 0 Å². The first-order valence-corrected chi connectivity index (χ1v) is 46.2. The number of fused-ring (bicyclic) bond motifs is 34. The van der Waals surface area contributed by atoms with Crippen LogP contribution in [0.25, 0.3) is 264 Å². The summed E-state index contributed by atoms with van der Waals surface area (Å²) in [5, 5.41) is 18.0. The maximum Gasteiger partial charge on any atom is 0.137 e. The van der Waals surface area contributed by atoms with Crippen LogP contribution < -0.4 is 0 Å². The number of aromatic nitrogens is 4. The maximum atomic E-state index is 19.9. The first kappa shape index (κ1) is 70.3. The second-order valence-corrected chi connectivity index (χ2v) is 38.9. The van der Waals surface area contributed by atoms with Crippen molar-refractivity contribution in [1.29, 1.82) is 0 Å². The van der Waals surface area contributed by atoms with Crippen LogP contribution in [0.3, 0.4) is 0 Å². The minimum Gasteiger partial charge on any atom is -0.456 e. The summed E-state index contributed by atoms with van der Waals surface area (Å²) in [5.74, 6) is 0. The van der Waals surface area contributed by atoms with Crippen LogP contribution in [-0.2, 0) is 9.07 Å². The fourth-order valence-corrected chi connectivity index (χ4v) is 28.0. The molecule has 0 atom stereocenters. The zero-order chi connectivity index (χ0) is 84.7. The number of para-hydroxylation sites is 8. The quantitative estimate of drug-likeness (QED) is 0.151. The van der Waals surface area contributed by atoms with Crippen molar-refractivity contribution in [3.63, 3.8) is 0 Å². The first-order chi connectivity index (χ1) is 64.2. The van der Waals surface area contributed by atoms with Crippen LogP contribution in [0, 0.1) is 0 Å². The lowest BCUT2D eigenvalue weighted by molar-refractivity contribution is 0.658. The molecular formula is C120H68N4O5S. The van der Waals surface area contributed by atoms with E-state index in [1.54, 1.807) is 0 Å². The Labute approximate surface area is 740 Å². The second-order valence-electron chi connectivity index (χ2n) is 35.3. The van der Waals surface area contributed by atoms with Gasteiger partial charge in [-0.25, -0.2) is 0 Å². The molecule has 20 aromatic carbocycles. The number of furan rings is 4. The molecular weight excluding hydrogens is 1610 g/mol. The molecule has 0 amide bonds. The summed E-state index contributed by atoms with van der Waals surface area (Å²) in [4.78, 5) is 3.10. The van der Waals surface area contributed by atoms with Crippen LogP contribution in [-0.4, -0.2) is 22.5 Å². The van der Waals surface area contributed by atoms with Crippen molar-refractivity contribution in [1.82, 2.24) is 18.3 Å². The van der Waals surface area contributed by atoms with Gasteiger partial charge in [-0.15, -0.1) is 0 Å². The van der Waals surface area contributed by atoms with Crippen molar-refractivity contribution in [2.24, 2.45) is 0 Å². The Balaban J connectivity index is 0.636.